The number of nitrogens with zero attached hydrogens (tertiary/aromatic N) is 1. The van der Waals surface area contributed by atoms with Gasteiger partial charge in [0.2, 0.25) is 0 Å². The van der Waals surface area contributed by atoms with E-state index >= 15 is 0 Å². The molecule has 0 aliphatic rings. The number of aryl methyl sites for hydroxylation is 2. The molecule has 0 amide bonds. The molecule has 0 saturated carbocycles. The van der Waals surface area contributed by atoms with Crippen LogP contribution < -0.4 is 0 Å². The summed E-state index contributed by atoms with van der Waals surface area (Å²) in [5.74, 6) is -0.958. The zero-order valence-corrected chi connectivity index (χ0v) is 9.17. The lowest BCUT2D eigenvalue weighted by Gasteiger charge is -2.02. The van der Waals surface area contributed by atoms with Crippen molar-refractivity contribution in [1.82, 2.24) is 4.57 Å². The second-order valence-corrected chi connectivity index (χ2v) is 3.95. The third-order valence-electron chi connectivity index (χ3n) is 2.57. The monoisotopic (exact) mass is 223 g/mol. The number of carbonyl (C=O) groups is 1. The summed E-state index contributed by atoms with van der Waals surface area (Å²) in [6, 6.07) is 5.04. The Hall–Kier alpha value is -1.48. The highest BCUT2D eigenvalue weighted by molar-refractivity contribution is 6.35. The number of rotatable bonds is 1. The lowest BCUT2D eigenvalue weighted by atomic mass is 10.1. The van der Waals surface area contributed by atoms with Crippen molar-refractivity contribution in [3.63, 3.8) is 0 Å². The van der Waals surface area contributed by atoms with Crippen molar-refractivity contribution in [3.8, 4) is 0 Å². The molecule has 3 nitrogen and oxygen atoms in total. The van der Waals surface area contributed by atoms with Crippen LogP contribution in [0.2, 0.25) is 5.02 Å². The minimum atomic E-state index is -0.958. The smallest absolute Gasteiger partial charge is 0.335 e. The summed E-state index contributed by atoms with van der Waals surface area (Å²) in [4.78, 5) is 10.8. The van der Waals surface area contributed by atoms with Gasteiger partial charge in [-0.3, -0.25) is 0 Å². The zero-order valence-electron chi connectivity index (χ0n) is 8.41. The molecule has 15 heavy (non-hydrogen) atoms. The molecule has 1 N–H and O–H groups in total. The molecule has 0 saturated heterocycles. The lowest BCUT2D eigenvalue weighted by molar-refractivity contribution is 0.0697. The van der Waals surface area contributed by atoms with E-state index in [1.165, 1.54) is 6.07 Å². The average Bonchev–Trinajstić information content (AvgIpc) is 2.42. The van der Waals surface area contributed by atoms with Crippen LogP contribution in [-0.4, -0.2) is 15.6 Å². The molecule has 4 heteroatoms. The van der Waals surface area contributed by atoms with E-state index in [9.17, 15) is 4.79 Å². The second-order valence-electron chi connectivity index (χ2n) is 3.55. The van der Waals surface area contributed by atoms with Crippen molar-refractivity contribution in [3.05, 3.63) is 34.5 Å². The Balaban J connectivity index is 2.84. The Morgan fingerprint density at radius 3 is 2.67 bits per heavy atom. The van der Waals surface area contributed by atoms with Crippen LogP contribution >= 0.6 is 11.6 Å². The summed E-state index contributed by atoms with van der Waals surface area (Å²) >= 11 is 6.04. The molecular formula is C11H10ClNO2. The van der Waals surface area contributed by atoms with Gasteiger partial charge >= 0.3 is 5.97 Å². The SMILES string of the molecule is Cc1cc2cc(C(=O)O)cc(Cl)c2n1C. The van der Waals surface area contributed by atoms with Gasteiger partial charge in [-0.05, 0) is 25.1 Å². The maximum atomic E-state index is 10.8. The number of benzene rings is 1. The van der Waals surface area contributed by atoms with Gasteiger partial charge in [0.1, 0.15) is 0 Å². The molecule has 2 rings (SSSR count). The van der Waals surface area contributed by atoms with Gasteiger partial charge in [-0.15, -0.1) is 0 Å². The maximum absolute atomic E-state index is 10.8. The lowest BCUT2D eigenvalue weighted by Crippen LogP contribution is -1.96. The molecule has 1 heterocycles. The molecule has 78 valence electrons. The van der Waals surface area contributed by atoms with E-state index in [4.69, 9.17) is 16.7 Å². The number of hydrogen-bond acceptors (Lipinski definition) is 1. The van der Waals surface area contributed by atoms with E-state index in [1.54, 1.807) is 6.07 Å². The van der Waals surface area contributed by atoms with E-state index in [-0.39, 0.29) is 5.56 Å². The Morgan fingerprint density at radius 2 is 2.07 bits per heavy atom. The Morgan fingerprint density at radius 1 is 1.40 bits per heavy atom. The Labute approximate surface area is 91.9 Å². The first-order valence-electron chi connectivity index (χ1n) is 4.49. The molecule has 0 spiro atoms. The largest absolute Gasteiger partial charge is 0.478 e. The average molecular weight is 224 g/mol. The molecular weight excluding hydrogens is 214 g/mol. The van der Waals surface area contributed by atoms with Crippen LogP contribution in [-0.2, 0) is 7.05 Å². The van der Waals surface area contributed by atoms with Crippen LogP contribution in [0, 0.1) is 6.92 Å². The van der Waals surface area contributed by atoms with Crippen LogP contribution in [0.1, 0.15) is 16.1 Å². The van der Waals surface area contributed by atoms with Crippen LogP contribution in [0.25, 0.3) is 10.9 Å². The first kappa shape index (κ1) is 10.1. The van der Waals surface area contributed by atoms with Gasteiger partial charge in [0, 0.05) is 18.1 Å². The third kappa shape index (κ3) is 1.49. The van der Waals surface area contributed by atoms with Gasteiger partial charge in [-0.2, -0.15) is 0 Å². The standard InChI is InChI=1S/C11H10ClNO2/c1-6-3-7-4-8(11(14)15)5-9(12)10(7)13(6)2/h3-5H,1-2H3,(H,14,15). The van der Waals surface area contributed by atoms with Gasteiger partial charge in [0.25, 0.3) is 0 Å². The highest BCUT2D eigenvalue weighted by Gasteiger charge is 2.11. The highest BCUT2D eigenvalue weighted by Crippen LogP contribution is 2.27. The van der Waals surface area contributed by atoms with Crippen molar-refractivity contribution >= 4 is 28.5 Å². The summed E-state index contributed by atoms with van der Waals surface area (Å²) in [5.41, 5.74) is 2.15. The van der Waals surface area contributed by atoms with E-state index in [2.05, 4.69) is 0 Å². The van der Waals surface area contributed by atoms with E-state index < -0.39 is 5.97 Å². The first-order chi connectivity index (χ1) is 7.00. The number of carboxylic acids is 1. The number of aromatic carboxylic acids is 1. The summed E-state index contributed by atoms with van der Waals surface area (Å²) in [7, 11) is 1.91. The minimum Gasteiger partial charge on any atom is -0.478 e. The van der Waals surface area contributed by atoms with E-state index in [0.29, 0.717) is 5.02 Å². The van der Waals surface area contributed by atoms with Crippen LogP contribution in [0.3, 0.4) is 0 Å². The van der Waals surface area contributed by atoms with Gasteiger partial charge in [0.05, 0.1) is 16.1 Å². The van der Waals surface area contributed by atoms with E-state index in [1.807, 2.05) is 24.6 Å². The number of fused-ring (bicyclic) bond motifs is 1. The number of carboxylic acid groups (broad SMARTS) is 1. The van der Waals surface area contributed by atoms with Crippen molar-refractivity contribution in [2.75, 3.05) is 0 Å². The quantitative estimate of drug-likeness (QED) is 0.808. The van der Waals surface area contributed by atoms with Crippen molar-refractivity contribution in [2.24, 2.45) is 7.05 Å². The predicted molar refractivity (Wildman–Crippen MR) is 59.6 cm³/mol. The van der Waals surface area contributed by atoms with Gasteiger partial charge in [0.15, 0.2) is 0 Å². The number of aromatic nitrogens is 1. The zero-order chi connectivity index (χ0) is 11.2. The normalized spacial score (nSPS) is 10.9. The molecule has 0 aliphatic carbocycles. The van der Waals surface area contributed by atoms with Crippen LogP contribution in [0.5, 0.6) is 0 Å². The van der Waals surface area contributed by atoms with Crippen molar-refractivity contribution < 1.29 is 9.90 Å². The van der Waals surface area contributed by atoms with Gasteiger partial charge < -0.3 is 9.67 Å². The summed E-state index contributed by atoms with van der Waals surface area (Å²) in [6.07, 6.45) is 0. The predicted octanol–water partition coefficient (Wildman–Crippen LogP) is 2.84. The molecule has 0 fully saturated rings. The summed E-state index contributed by atoms with van der Waals surface area (Å²) in [6.45, 7) is 1.96. The molecule has 0 radical (unpaired) electrons. The van der Waals surface area contributed by atoms with Crippen molar-refractivity contribution in [1.29, 1.82) is 0 Å². The number of hydrogen-bond donors (Lipinski definition) is 1. The molecule has 0 aliphatic heterocycles. The molecule has 0 unspecified atom stereocenters. The fourth-order valence-electron chi connectivity index (χ4n) is 1.71. The van der Waals surface area contributed by atoms with Gasteiger partial charge in [-0.1, -0.05) is 11.6 Å². The second kappa shape index (κ2) is 3.28. The summed E-state index contributed by atoms with van der Waals surface area (Å²) < 4.78 is 1.95. The fraction of sp³-hybridized carbons (Fsp3) is 0.182. The maximum Gasteiger partial charge on any atom is 0.335 e. The Bertz CT molecular complexity index is 557. The molecule has 1 aromatic heterocycles. The van der Waals surface area contributed by atoms with Crippen molar-refractivity contribution in [2.45, 2.75) is 6.92 Å². The molecule has 0 atom stereocenters. The third-order valence-corrected chi connectivity index (χ3v) is 2.86. The molecule has 2 aromatic rings. The van der Waals surface area contributed by atoms with Crippen LogP contribution in [0.4, 0.5) is 0 Å². The topological polar surface area (TPSA) is 42.2 Å². The molecule has 0 bridgehead atoms. The Kier molecular flexibility index (Phi) is 2.20. The number of halogens is 1. The van der Waals surface area contributed by atoms with Crippen LogP contribution in [0.15, 0.2) is 18.2 Å². The minimum absolute atomic E-state index is 0.220. The first-order valence-corrected chi connectivity index (χ1v) is 4.87. The fourth-order valence-corrected chi connectivity index (χ4v) is 2.06. The van der Waals surface area contributed by atoms with Gasteiger partial charge in [-0.25, -0.2) is 4.79 Å². The highest BCUT2D eigenvalue weighted by atomic mass is 35.5. The van der Waals surface area contributed by atoms with E-state index in [0.717, 1.165) is 16.6 Å². The molecule has 1 aromatic carbocycles. The summed E-state index contributed by atoms with van der Waals surface area (Å²) in [5, 5.41) is 10.2.